The first kappa shape index (κ1) is 9.49. The lowest BCUT2D eigenvalue weighted by Crippen LogP contribution is -1.96. The lowest BCUT2D eigenvalue weighted by atomic mass is 10.3. The summed E-state index contributed by atoms with van der Waals surface area (Å²) in [6.45, 7) is 0.376. The minimum absolute atomic E-state index is 0.376. The third kappa shape index (κ3) is 1.38. The van der Waals surface area contributed by atoms with E-state index in [1.807, 2.05) is 12.1 Å². The van der Waals surface area contributed by atoms with E-state index in [4.69, 9.17) is 23.4 Å². The largest absolute Gasteiger partial charge is 0.377 e. The van der Waals surface area contributed by atoms with Gasteiger partial charge in [0.1, 0.15) is 17.9 Å². The summed E-state index contributed by atoms with van der Waals surface area (Å²) < 4.78 is 6.46. The Bertz CT molecular complexity index is 464. The van der Waals surface area contributed by atoms with Crippen LogP contribution >= 0.6 is 11.6 Å². The van der Waals surface area contributed by atoms with Gasteiger partial charge < -0.3 is 9.30 Å². The van der Waals surface area contributed by atoms with E-state index < -0.39 is 0 Å². The first-order valence-corrected chi connectivity index (χ1v) is 4.51. The van der Waals surface area contributed by atoms with E-state index in [2.05, 4.69) is 4.98 Å². The fraction of sp³-hybridized carbons (Fsp3) is 0.200. The topological polar surface area (TPSA) is 27.1 Å². The highest BCUT2D eigenvalue weighted by atomic mass is 35.5. The number of aromatic nitrogens is 2. The number of nitrogens with zero attached hydrogens (tertiary/aromatic N) is 2. The highest BCUT2D eigenvalue weighted by Crippen LogP contribution is 2.23. The maximum atomic E-state index is 5.97. The van der Waals surface area contributed by atoms with Crippen molar-refractivity contribution in [3.63, 3.8) is 0 Å². The zero-order valence-electron chi connectivity index (χ0n) is 7.70. The smallest absolute Gasteiger partial charge is 0.136 e. The quantitative estimate of drug-likeness (QED) is 0.758. The van der Waals surface area contributed by atoms with Gasteiger partial charge in [-0.05, 0) is 12.1 Å². The molecule has 0 aliphatic heterocycles. The van der Waals surface area contributed by atoms with Gasteiger partial charge in [0, 0.05) is 7.11 Å². The van der Waals surface area contributed by atoms with Gasteiger partial charge in [-0.3, -0.25) is 0 Å². The van der Waals surface area contributed by atoms with Gasteiger partial charge >= 0.3 is 0 Å². The second kappa shape index (κ2) is 3.59. The Balaban J connectivity index is 2.67. The van der Waals surface area contributed by atoms with E-state index in [-0.39, 0.29) is 0 Å². The normalized spacial score (nSPS) is 11.1. The van der Waals surface area contributed by atoms with Crippen LogP contribution in [0.4, 0.5) is 0 Å². The fourth-order valence-corrected chi connectivity index (χ4v) is 1.57. The Hall–Kier alpha value is -1.06. The van der Waals surface area contributed by atoms with Crippen molar-refractivity contribution >= 4 is 22.6 Å². The molecule has 2 radical (unpaired) electrons. The van der Waals surface area contributed by atoms with Gasteiger partial charge in [-0.25, -0.2) is 4.98 Å². The molecule has 0 bridgehead atoms. The molecule has 72 valence electrons. The molecule has 0 fully saturated rings. The van der Waals surface area contributed by atoms with Crippen LogP contribution in [0.15, 0.2) is 18.2 Å². The molecular weight excluding hydrogens is 200 g/mol. The highest BCUT2D eigenvalue weighted by Gasteiger charge is 2.09. The summed E-state index contributed by atoms with van der Waals surface area (Å²) in [5.74, 6) is 0.663. The fourth-order valence-electron chi connectivity index (χ4n) is 1.36. The molecule has 2 rings (SSSR count). The number of methoxy groups -OCH3 is 1. The van der Waals surface area contributed by atoms with Crippen molar-refractivity contribution < 1.29 is 4.74 Å². The van der Waals surface area contributed by atoms with Crippen molar-refractivity contribution in [3.8, 4) is 0 Å². The van der Waals surface area contributed by atoms with Crippen molar-refractivity contribution in [2.45, 2.75) is 6.61 Å². The zero-order chi connectivity index (χ0) is 10.1. The van der Waals surface area contributed by atoms with Gasteiger partial charge in [-0.2, -0.15) is 0 Å². The summed E-state index contributed by atoms with van der Waals surface area (Å²) >= 11 is 5.97. The molecule has 0 saturated heterocycles. The molecule has 1 aromatic carbocycles. The van der Waals surface area contributed by atoms with Crippen LogP contribution in [0, 0.1) is 7.05 Å². The molecule has 0 atom stereocenters. The number of hydrogen-bond donors (Lipinski definition) is 0. The first-order valence-electron chi connectivity index (χ1n) is 4.14. The van der Waals surface area contributed by atoms with Gasteiger partial charge in [-0.15, -0.1) is 0 Å². The predicted octanol–water partition coefficient (Wildman–Crippen LogP) is 2.35. The lowest BCUT2D eigenvalue weighted by Gasteiger charge is -1.98. The van der Waals surface area contributed by atoms with Crippen LogP contribution in [0.2, 0.25) is 5.02 Å². The number of rotatable bonds is 2. The van der Waals surface area contributed by atoms with Crippen molar-refractivity contribution in [3.05, 3.63) is 36.1 Å². The zero-order valence-corrected chi connectivity index (χ0v) is 8.45. The number of benzene rings is 1. The molecule has 0 saturated carbocycles. The molecule has 3 nitrogen and oxygen atoms in total. The van der Waals surface area contributed by atoms with Crippen LogP contribution < -0.4 is 0 Å². The van der Waals surface area contributed by atoms with Gasteiger partial charge in [0.25, 0.3) is 0 Å². The van der Waals surface area contributed by atoms with Gasteiger partial charge in [0.15, 0.2) is 0 Å². The third-order valence-corrected chi connectivity index (χ3v) is 2.32. The maximum Gasteiger partial charge on any atom is 0.136 e. The van der Waals surface area contributed by atoms with Crippen molar-refractivity contribution in [1.82, 2.24) is 9.55 Å². The van der Waals surface area contributed by atoms with Crippen LogP contribution in [-0.4, -0.2) is 16.7 Å². The summed E-state index contributed by atoms with van der Waals surface area (Å²) in [6.07, 6.45) is 0. The molecule has 0 aliphatic rings. The molecule has 4 heteroatoms. The van der Waals surface area contributed by atoms with Crippen molar-refractivity contribution in [1.29, 1.82) is 0 Å². The van der Waals surface area contributed by atoms with Crippen LogP contribution in [0.5, 0.6) is 0 Å². The average Bonchev–Trinajstić information content (AvgIpc) is 2.48. The second-order valence-electron chi connectivity index (χ2n) is 2.94. The third-order valence-electron chi connectivity index (χ3n) is 2.02. The molecule has 1 aromatic heterocycles. The van der Waals surface area contributed by atoms with Gasteiger partial charge in [-0.1, -0.05) is 17.7 Å². The van der Waals surface area contributed by atoms with Crippen LogP contribution in [0.25, 0.3) is 11.0 Å². The van der Waals surface area contributed by atoms with Crippen LogP contribution in [0.1, 0.15) is 5.82 Å². The van der Waals surface area contributed by atoms with E-state index >= 15 is 0 Å². The molecular formula is C10H9ClN2O. The first-order chi connectivity index (χ1) is 6.74. The summed E-state index contributed by atoms with van der Waals surface area (Å²) in [6, 6.07) is 5.49. The van der Waals surface area contributed by atoms with E-state index in [9.17, 15) is 0 Å². The minimum Gasteiger partial charge on any atom is -0.377 e. The lowest BCUT2D eigenvalue weighted by molar-refractivity contribution is 0.177. The van der Waals surface area contributed by atoms with Crippen molar-refractivity contribution in [2.24, 2.45) is 0 Å². The van der Waals surface area contributed by atoms with E-state index in [1.165, 1.54) is 4.57 Å². The standard InChI is InChI=1S/C10H9ClN2O/c1-13-8-5-3-4-7(11)10(8)12-9(13)6-14-2/h1,3-5H,6H2,2H3. The Labute approximate surface area is 87.3 Å². The Morgan fingerprint density at radius 3 is 3.00 bits per heavy atom. The van der Waals surface area contributed by atoms with Crippen LogP contribution in [-0.2, 0) is 11.3 Å². The number of imidazole rings is 1. The number of fused-ring (bicyclic) bond motifs is 1. The Morgan fingerprint density at radius 1 is 1.57 bits per heavy atom. The van der Waals surface area contributed by atoms with Crippen LogP contribution in [0.3, 0.4) is 0 Å². The monoisotopic (exact) mass is 208 g/mol. The van der Waals surface area contributed by atoms with Crippen molar-refractivity contribution in [2.75, 3.05) is 7.11 Å². The maximum absolute atomic E-state index is 5.97. The molecule has 0 unspecified atom stereocenters. The van der Waals surface area contributed by atoms with Gasteiger partial charge in [0.05, 0.1) is 17.6 Å². The number of para-hydroxylation sites is 1. The van der Waals surface area contributed by atoms with E-state index in [0.29, 0.717) is 23.0 Å². The highest BCUT2D eigenvalue weighted by molar-refractivity contribution is 6.34. The molecule has 0 amide bonds. The van der Waals surface area contributed by atoms with E-state index in [1.54, 1.807) is 13.2 Å². The molecule has 0 spiro atoms. The van der Waals surface area contributed by atoms with E-state index in [0.717, 1.165) is 5.52 Å². The number of hydrogen-bond acceptors (Lipinski definition) is 2. The SMILES string of the molecule is [CH]n1c(COC)nc2c(Cl)cccc21. The molecule has 1 heterocycles. The summed E-state index contributed by atoms with van der Waals surface area (Å²) in [7, 11) is 7.41. The summed E-state index contributed by atoms with van der Waals surface area (Å²) in [4.78, 5) is 4.28. The molecule has 0 aliphatic carbocycles. The molecule has 14 heavy (non-hydrogen) atoms. The number of ether oxygens (including phenoxy) is 1. The minimum atomic E-state index is 0.376. The van der Waals surface area contributed by atoms with Gasteiger partial charge in [0.2, 0.25) is 0 Å². The second-order valence-corrected chi connectivity index (χ2v) is 3.35. The predicted molar refractivity (Wildman–Crippen MR) is 55.2 cm³/mol. The Kier molecular flexibility index (Phi) is 2.44. The molecule has 2 aromatic rings. The number of halogens is 1. The Morgan fingerprint density at radius 2 is 2.36 bits per heavy atom. The summed E-state index contributed by atoms with van der Waals surface area (Å²) in [5.41, 5.74) is 1.52. The molecule has 0 N–H and O–H groups in total. The summed E-state index contributed by atoms with van der Waals surface area (Å²) in [5, 5.41) is 0.601. The average molecular weight is 209 g/mol.